The number of hydrogen-bond acceptors (Lipinski definition) is 3. The number of nitrogens with zero attached hydrogens (tertiary/aromatic N) is 2. The van der Waals surface area contributed by atoms with Crippen LogP contribution in [0.4, 0.5) is 18.9 Å². The fraction of sp³-hybridized carbons (Fsp3) is 0.250. The maximum Gasteiger partial charge on any atom is 0.416 e. The SMILES string of the molecule is O=C(c1sc2ccccc2c1Cl)N1CCN(c2cccc(C(F)(F)F)c2)CC1. The normalized spacial score (nSPS) is 15.3. The van der Waals surface area contributed by atoms with Gasteiger partial charge in [0.25, 0.3) is 5.91 Å². The van der Waals surface area contributed by atoms with Gasteiger partial charge in [0.1, 0.15) is 4.88 Å². The van der Waals surface area contributed by atoms with E-state index in [1.165, 1.54) is 17.4 Å². The van der Waals surface area contributed by atoms with Gasteiger partial charge in [-0.3, -0.25) is 4.79 Å². The zero-order valence-electron chi connectivity index (χ0n) is 14.7. The number of anilines is 1. The van der Waals surface area contributed by atoms with Crippen molar-refractivity contribution in [2.75, 3.05) is 31.1 Å². The second-order valence-electron chi connectivity index (χ2n) is 6.57. The Bertz CT molecular complexity index is 1030. The van der Waals surface area contributed by atoms with Crippen LogP contribution in [0.15, 0.2) is 48.5 Å². The summed E-state index contributed by atoms with van der Waals surface area (Å²) >= 11 is 7.77. The molecule has 8 heteroatoms. The minimum absolute atomic E-state index is 0.130. The summed E-state index contributed by atoms with van der Waals surface area (Å²) in [6.45, 7) is 1.80. The summed E-state index contributed by atoms with van der Waals surface area (Å²) in [5, 5.41) is 1.33. The number of amides is 1. The molecule has 0 spiro atoms. The number of thiophene rings is 1. The topological polar surface area (TPSA) is 23.6 Å². The standard InChI is InChI=1S/C20H16ClF3N2OS/c21-17-15-6-1-2-7-16(15)28-18(17)19(27)26-10-8-25(9-11-26)14-5-3-4-13(12-14)20(22,23)24/h1-7,12H,8-11H2. The molecule has 1 aromatic heterocycles. The lowest BCUT2D eigenvalue weighted by atomic mass is 10.1. The molecule has 0 N–H and O–H groups in total. The van der Waals surface area contributed by atoms with E-state index in [4.69, 9.17) is 11.6 Å². The Morgan fingerprint density at radius 2 is 1.71 bits per heavy atom. The van der Waals surface area contributed by atoms with Crippen molar-refractivity contribution in [3.05, 3.63) is 64.0 Å². The van der Waals surface area contributed by atoms with Gasteiger partial charge in [0.2, 0.25) is 0 Å². The van der Waals surface area contributed by atoms with Gasteiger partial charge in [-0.15, -0.1) is 11.3 Å². The van der Waals surface area contributed by atoms with E-state index < -0.39 is 11.7 Å². The lowest BCUT2D eigenvalue weighted by molar-refractivity contribution is -0.137. The molecule has 1 fully saturated rings. The van der Waals surface area contributed by atoms with Gasteiger partial charge in [-0.2, -0.15) is 13.2 Å². The zero-order valence-corrected chi connectivity index (χ0v) is 16.2. The highest BCUT2D eigenvalue weighted by atomic mass is 35.5. The van der Waals surface area contributed by atoms with Gasteiger partial charge < -0.3 is 9.80 Å². The Hall–Kier alpha value is -2.25. The lowest BCUT2D eigenvalue weighted by Gasteiger charge is -2.36. The van der Waals surface area contributed by atoms with Gasteiger partial charge in [-0.05, 0) is 24.3 Å². The molecule has 0 bridgehead atoms. The van der Waals surface area contributed by atoms with E-state index in [0.717, 1.165) is 22.2 Å². The third-order valence-corrected chi connectivity index (χ3v) is 6.50. The Labute approximate surface area is 168 Å². The Kier molecular flexibility index (Phi) is 4.97. The van der Waals surface area contributed by atoms with Crippen molar-refractivity contribution in [3.63, 3.8) is 0 Å². The van der Waals surface area contributed by atoms with Crippen LogP contribution in [-0.4, -0.2) is 37.0 Å². The highest BCUT2D eigenvalue weighted by molar-refractivity contribution is 7.21. The summed E-state index contributed by atoms with van der Waals surface area (Å²) < 4.78 is 39.8. The molecular formula is C20H16ClF3N2OS. The molecule has 0 aliphatic carbocycles. The largest absolute Gasteiger partial charge is 0.416 e. The summed E-state index contributed by atoms with van der Waals surface area (Å²) in [7, 11) is 0. The molecule has 1 saturated heterocycles. The smallest absolute Gasteiger partial charge is 0.368 e. The molecule has 0 radical (unpaired) electrons. The molecule has 0 unspecified atom stereocenters. The highest BCUT2D eigenvalue weighted by Gasteiger charge is 2.31. The number of rotatable bonds is 2. The zero-order chi connectivity index (χ0) is 19.9. The molecule has 28 heavy (non-hydrogen) atoms. The Balaban J connectivity index is 1.48. The fourth-order valence-corrected chi connectivity index (χ4v) is 4.82. The summed E-state index contributed by atoms with van der Waals surface area (Å²) in [5.41, 5.74) is -0.151. The van der Waals surface area contributed by atoms with Crippen molar-refractivity contribution in [2.45, 2.75) is 6.18 Å². The summed E-state index contributed by atoms with van der Waals surface area (Å²) in [4.78, 5) is 17.0. The first-order chi connectivity index (χ1) is 13.3. The lowest BCUT2D eigenvalue weighted by Crippen LogP contribution is -2.48. The first kappa shape index (κ1) is 19.1. The van der Waals surface area contributed by atoms with Gasteiger partial charge >= 0.3 is 6.18 Å². The van der Waals surface area contributed by atoms with E-state index in [1.54, 1.807) is 11.0 Å². The maximum atomic E-state index is 12.9. The average molecular weight is 425 g/mol. The monoisotopic (exact) mass is 424 g/mol. The summed E-state index contributed by atoms with van der Waals surface area (Å²) in [5.74, 6) is -0.130. The minimum atomic E-state index is -4.37. The number of piperazine rings is 1. The van der Waals surface area contributed by atoms with Gasteiger partial charge in [0.15, 0.2) is 0 Å². The molecule has 0 saturated carbocycles. The van der Waals surface area contributed by atoms with Crippen LogP contribution < -0.4 is 4.90 Å². The van der Waals surface area contributed by atoms with E-state index in [1.807, 2.05) is 29.2 Å². The number of carbonyl (C=O) groups is 1. The maximum absolute atomic E-state index is 12.9. The quantitative estimate of drug-likeness (QED) is 0.539. The summed E-state index contributed by atoms with van der Waals surface area (Å²) in [6, 6.07) is 12.9. The van der Waals surface area contributed by atoms with Crippen LogP contribution in [-0.2, 0) is 6.18 Å². The number of hydrogen-bond donors (Lipinski definition) is 0. The predicted molar refractivity (Wildman–Crippen MR) is 106 cm³/mol. The molecule has 3 aromatic rings. The number of alkyl halides is 3. The Morgan fingerprint density at radius 1 is 1.00 bits per heavy atom. The third kappa shape index (κ3) is 3.56. The van der Waals surface area contributed by atoms with E-state index in [9.17, 15) is 18.0 Å². The van der Waals surface area contributed by atoms with Crippen LogP contribution in [0, 0.1) is 0 Å². The second kappa shape index (κ2) is 7.29. The third-order valence-electron chi connectivity index (χ3n) is 4.83. The molecule has 3 nitrogen and oxygen atoms in total. The van der Waals surface area contributed by atoms with Crippen molar-refractivity contribution in [2.24, 2.45) is 0 Å². The highest BCUT2D eigenvalue weighted by Crippen LogP contribution is 2.36. The molecule has 1 aliphatic rings. The van der Waals surface area contributed by atoms with Gasteiger partial charge in [0.05, 0.1) is 10.6 Å². The van der Waals surface area contributed by atoms with E-state index in [0.29, 0.717) is 41.8 Å². The fourth-order valence-electron chi connectivity index (χ4n) is 3.34. The van der Waals surface area contributed by atoms with Crippen LogP contribution in [0.25, 0.3) is 10.1 Å². The molecule has 0 atom stereocenters. The molecule has 1 amide bonds. The number of benzene rings is 2. The minimum Gasteiger partial charge on any atom is -0.368 e. The molecule has 2 heterocycles. The van der Waals surface area contributed by atoms with Gasteiger partial charge in [0, 0.05) is 42.0 Å². The summed E-state index contributed by atoms with van der Waals surface area (Å²) in [6.07, 6.45) is -4.37. The molecule has 146 valence electrons. The van der Waals surface area contributed by atoms with Crippen LogP contribution in [0.2, 0.25) is 5.02 Å². The first-order valence-electron chi connectivity index (χ1n) is 8.73. The second-order valence-corrected chi connectivity index (χ2v) is 8.00. The van der Waals surface area contributed by atoms with Crippen LogP contribution in [0.3, 0.4) is 0 Å². The molecule has 4 rings (SSSR count). The molecule has 2 aromatic carbocycles. The van der Waals surface area contributed by atoms with Crippen molar-refractivity contribution < 1.29 is 18.0 Å². The number of carbonyl (C=O) groups excluding carboxylic acids is 1. The van der Waals surface area contributed by atoms with Crippen LogP contribution >= 0.6 is 22.9 Å². The van der Waals surface area contributed by atoms with E-state index >= 15 is 0 Å². The van der Waals surface area contributed by atoms with Gasteiger partial charge in [-0.25, -0.2) is 0 Å². The van der Waals surface area contributed by atoms with Gasteiger partial charge in [-0.1, -0.05) is 35.9 Å². The average Bonchev–Trinajstić information content (AvgIpc) is 3.04. The van der Waals surface area contributed by atoms with Crippen LogP contribution in [0.1, 0.15) is 15.2 Å². The first-order valence-corrected chi connectivity index (χ1v) is 9.92. The number of fused-ring (bicyclic) bond motifs is 1. The van der Waals surface area contributed by atoms with E-state index in [-0.39, 0.29) is 5.91 Å². The van der Waals surface area contributed by atoms with E-state index in [2.05, 4.69) is 0 Å². The molecule has 1 aliphatic heterocycles. The van der Waals surface area contributed by atoms with Crippen molar-refractivity contribution in [1.29, 1.82) is 0 Å². The van der Waals surface area contributed by atoms with Crippen molar-refractivity contribution in [1.82, 2.24) is 4.90 Å². The van der Waals surface area contributed by atoms with Crippen LogP contribution in [0.5, 0.6) is 0 Å². The predicted octanol–water partition coefficient (Wildman–Crippen LogP) is 5.54. The van der Waals surface area contributed by atoms with Crippen molar-refractivity contribution in [3.8, 4) is 0 Å². The van der Waals surface area contributed by atoms with Crippen molar-refractivity contribution >= 4 is 44.6 Å². The Morgan fingerprint density at radius 3 is 2.39 bits per heavy atom. The number of halogens is 4. The molecular weight excluding hydrogens is 409 g/mol.